The van der Waals surface area contributed by atoms with Gasteiger partial charge in [-0.1, -0.05) is 11.6 Å². The van der Waals surface area contributed by atoms with Crippen LogP contribution in [0.5, 0.6) is 0 Å². The lowest BCUT2D eigenvalue weighted by atomic mass is 10.3. The molecule has 2 rings (SSSR count). The van der Waals surface area contributed by atoms with E-state index in [1.54, 1.807) is 0 Å². The molecule has 0 saturated heterocycles. The number of rotatable bonds is 3. The van der Waals surface area contributed by atoms with Gasteiger partial charge in [0, 0.05) is 10.7 Å². The van der Waals surface area contributed by atoms with Crippen molar-refractivity contribution in [2.45, 2.75) is 4.90 Å². The van der Waals surface area contributed by atoms with Gasteiger partial charge in [0.2, 0.25) is 0 Å². The summed E-state index contributed by atoms with van der Waals surface area (Å²) in [7, 11) is -3.98. The van der Waals surface area contributed by atoms with Gasteiger partial charge in [-0.25, -0.2) is 17.8 Å². The topological polar surface area (TPSA) is 85.1 Å². The highest BCUT2D eigenvalue weighted by Gasteiger charge is 2.18. The van der Waals surface area contributed by atoms with Crippen LogP contribution >= 0.6 is 27.5 Å². The Balaban J connectivity index is 2.40. The van der Waals surface area contributed by atoms with E-state index < -0.39 is 15.8 Å². The standard InChI is InChI=1S/C11H8BrClFN3O2S/c12-6-3-10(11(13)16-5-6)17-20(18,19)7-1-2-9(15)8(14)4-7/h1-5,17H,15H2. The van der Waals surface area contributed by atoms with E-state index in [1.807, 2.05) is 0 Å². The average Bonchev–Trinajstić information content (AvgIpc) is 2.36. The van der Waals surface area contributed by atoms with E-state index >= 15 is 0 Å². The van der Waals surface area contributed by atoms with Gasteiger partial charge in [-0.3, -0.25) is 4.72 Å². The SMILES string of the molecule is Nc1ccc(S(=O)(=O)Nc2cc(Br)cnc2Cl)cc1F. The van der Waals surface area contributed by atoms with Crippen LogP contribution in [-0.4, -0.2) is 13.4 Å². The smallest absolute Gasteiger partial charge is 0.262 e. The fourth-order valence-corrected chi connectivity index (χ4v) is 2.98. The second kappa shape index (κ2) is 5.55. The number of hydrogen-bond donors (Lipinski definition) is 2. The van der Waals surface area contributed by atoms with E-state index in [4.69, 9.17) is 17.3 Å². The summed E-state index contributed by atoms with van der Waals surface area (Å²) in [6, 6.07) is 4.64. The van der Waals surface area contributed by atoms with E-state index in [0.29, 0.717) is 4.47 Å². The Hall–Kier alpha value is -1.38. The summed E-state index contributed by atoms with van der Waals surface area (Å²) >= 11 is 8.94. The lowest BCUT2D eigenvalue weighted by molar-refractivity contribution is 0.596. The number of nitrogen functional groups attached to an aromatic ring is 1. The molecule has 1 heterocycles. The maximum absolute atomic E-state index is 13.3. The van der Waals surface area contributed by atoms with Crippen LogP contribution in [0.15, 0.2) is 39.8 Å². The Kier molecular flexibility index (Phi) is 4.17. The van der Waals surface area contributed by atoms with Crippen LogP contribution in [-0.2, 0) is 10.0 Å². The van der Waals surface area contributed by atoms with E-state index in [0.717, 1.165) is 6.07 Å². The summed E-state index contributed by atoms with van der Waals surface area (Å²) in [5, 5.41) is -0.0207. The molecule has 1 aromatic carbocycles. The monoisotopic (exact) mass is 379 g/mol. The van der Waals surface area contributed by atoms with Gasteiger partial charge in [0.15, 0.2) is 5.15 Å². The number of sulfonamides is 1. The normalized spacial score (nSPS) is 11.3. The molecule has 0 radical (unpaired) electrons. The zero-order valence-electron chi connectivity index (χ0n) is 9.77. The highest BCUT2D eigenvalue weighted by molar-refractivity contribution is 9.10. The molecule has 0 amide bonds. The van der Waals surface area contributed by atoms with Crippen LogP contribution in [0.4, 0.5) is 15.8 Å². The van der Waals surface area contributed by atoms with Crippen molar-refractivity contribution >= 4 is 48.9 Å². The Bertz CT molecular complexity index is 770. The first-order valence-corrected chi connectivity index (χ1v) is 7.84. The third-order valence-corrected chi connectivity index (χ3v) is 4.43. The molecule has 0 atom stereocenters. The predicted octanol–water partition coefficient (Wildman–Crippen LogP) is 3.02. The number of nitrogens with zero attached hydrogens (tertiary/aromatic N) is 1. The third-order valence-electron chi connectivity index (χ3n) is 2.33. The van der Waals surface area contributed by atoms with E-state index in [2.05, 4.69) is 25.6 Å². The number of nitrogens with two attached hydrogens (primary N) is 1. The molecule has 106 valence electrons. The van der Waals surface area contributed by atoms with Gasteiger partial charge in [0.05, 0.1) is 16.3 Å². The Morgan fingerprint density at radius 3 is 2.70 bits per heavy atom. The van der Waals surface area contributed by atoms with Crippen molar-refractivity contribution in [3.8, 4) is 0 Å². The molecule has 3 N–H and O–H groups in total. The van der Waals surface area contributed by atoms with E-state index in [1.165, 1.54) is 24.4 Å². The average molecular weight is 381 g/mol. The summed E-state index contributed by atoms with van der Waals surface area (Å²) in [6.45, 7) is 0. The number of aromatic nitrogens is 1. The predicted molar refractivity (Wildman–Crippen MR) is 78.6 cm³/mol. The molecule has 0 spiro atoms. The second-order valence-electron chi connectivity index (χ2n) is 3.78. The van der Waals surface area contributed by atoms with Gasteiger partial charge in [-0.05, 0) is 40.2 Å². The van der Waals surface area contributed by atoms with Crippen molar-refractivity contribution < 1.29 is 12.8 Å². The van der Waals surface area contributed by atoms with Crippen molar-refractivity contribution in [1.29, 1.82) is 0 Å². The first-order valence-electron chi connectivity index (χ1n) is 5.18. The molecule has 1 aromatic heterocycles. The minimum atomic E-state index is -3.98. The molecular formula is C11H8BrClFN3O2S. The summed E-state index contributed by atoms with van der Waals surface area (Å²) in [5.74, 6) is -0.814. The summed E-state index contributed by atoms with van der Waals surface area (Å²) in [4.78, 5) is 3.52. The van der Waals surface area contributed by atoms with Crippen molar-refractivity contribution in [3.05, 3.63) is 45.9 Å². The number of benzene rings is 1. The molecule has 5 nitrogen and oxygen atoms in total. The Labute approximate surface area is 128 Å². The number of anilines is 2. The molecule has 0 saturated carbocycles. The van der Waals surface area contributed by atoms with Crippen LogP contribution in [0.2, 0.25) is 5.15 Å². The molecule has 0 aliphatic heterocycles. The van der Waals surface area contributed by atoms with Crippen molar-refractivity contribution in [3.63, 3.8) is 0 Å². The van der Waals surface area contributed by atoms with Crippen LogP contribution in [0.3, 0.4) is 0 Å². The zero-order chi connectivity index (χ0) is 14.9. The van der Waals surface area contributed by atoms with Crippen LogP contribution in [0, 0.1) is 5.82 Å². The lowest BCUT2D eigenvalue weighted by Gasteiger charge is -2.10. The summed E-state index contributed by atoms with van der Waals surface area (Å²) < 4.78 is 40.3. The molecule has 2 aromatic rings. The third kappa shape index (κ3) is 3.20. The number of nitrogens with one attached hydrogen (secondary N) is 1. The second-order valence-corrected chi connectivity index (χ2v) is 6.74. The van der Waals surface area contributed by atoms with Crippen molar-refractivity contribution in [2.75, 3.05) is 10.5 Å². The minimum Gasteiger partial charge on any atom is -0.396 e. The van der Waals surface area contributed by atoms with Crippen LogP contribution < -0.4 is 10.5 Å². The number of halogens is 3. The van der Waals surface area contributed by atoms with Gasteiger partial charge in [0.1, 0.15) is 5.82 Å². The largest absolute Gasteiger partial charge is 0.396 e. The molecule has 20 heavy (non-hydrogen) atoms. The summed E-state index contributed by atoms with van der Waals surface area (Å²) in [5.41, 5.74) is 5.25. The number of pyridine rings is 1. The van der Waals surface area contributed by atoms with Crippen molar-refractivity contribution in [2.24, 2.45) is 0 Å². The Morgan fingerprint density at radius 1 is 1.35 bits per heavy atom. The first kappa shape index (κ1) is 15.0. The molecule has 0 bridgehead atoms. The Morgan fingerprint density at radius 2 is 2.05 bits per heavy atom. The molecule has 0 unspecified atom stereocenters. The maximum atomic E-state index is 13.3. The lowest BCUT2D eigenvalue weighted by Crippen LogP contribution is -2.14. The van der Waals surface area contributed by atoms with Crippen molar-refractivity contribution in [1.82, 2.24) is 4.98 Å². The van der Waals surface area contributed by atoms with E-state index in [-0.39, 0.29) is 21.4 Å². The highest BCUT2D eigenvalue weighted by Crippen LogP contribution is 2.26. The van der Waals surface area contributed by atoms with E-state index in [9.17, 15) is 12.8 Å². The van der Waals surface area contributed by atoms with Gasteiger partial charge in [-0.2, -0.15) is 0 Å². The van der Waals surface area contributed by atoms with Gasteiger partial charge in [-0.15, -0.1) is 0 Å². The zero-order valence-corrected chi connectivity index (χ0v) is 12.9. The molecular weight excluding hydrogens is 373 g/mol. The molecule has 9 heteroatoms. The van der Waals surface area contributed by atoms with Gasteiger partial charge in [0.25, 0.3) is 10.0 Å². The molecule has 0 aliphatic carbocycles. The van der Waals surface area contributed by atoms with Gasteiger partial charge < -0.3 is 5.73 Å². The minimum absolute atomic E-state index is 0.0207. The summed E-state index contributed by atoms with van der Waals surface area (Å²) in [6.07, 6.45) is 1.42. The highest BCUT2D eigenvalue weighted by atomic mass is 79.9. The van der Waals surface area contributed by atoms with Crippen LogP contribution in [0.25, 0.3) is 0 Å². The quantitative estimate of drug-likeness (QED) is 0.633. The maximum Gasteiger partial charge on any atom is 0.262 e. The fourth-order valence-electron chi connectivity index (χ4n) is 1.37. The van der Waals surface area contributed by atoms with Crippen LogP contribution in [0.1, 0.15) is 0 Å². The fraction of sp³-hybridized carbons (Fsp3) is 0. The van der Waals surface area contributed by atoms with Gasteiger partial charge >= 0.3 is 0 Å². The first-order chi connectivity index (χ1) is 9.29. The molecule has 0 aliphatic rings. The molecule has 0 fully saturated rings. The number of hydrogen-bond acceptors (Lipinski definition) is 4.